The molecule has 1 saturated heterocycles. The molecule has 1 aliphatic heterocycles. The van der Waals surface area contributed by atoms with Crippen LogP contribution in [0.5, 0.6) is 0 Å². The smallest absolute Gasteiger partial charge is 0.383 e. The van der Waals surface area contributed by atoms with Crippen LogP contribution < -0.4 is 21.9 Å². The van der Waals surface area contributed by atoms with Gasteiger partial charge in [-0.25, -0.2) is 4.98 Å². The number of halogens is 3. The van der Waals surface area contributed by atoms with Gasteiger partial charge in [0.1, 0.15) is 17.7 Å². The van der Waals surface area contributed by atoms with Crippen LogP contribution in [0.3, 0.4) is 0 Å². The van der Waals surface area contributed by atoms with Crippen molar-refractivity contribution in [2.45, 2.75) is 38.9 Å². The molecule has 2 aromatic heterocycles. The van der Waals surface area contributed by atoms with E-state index in [9.17, 15) is 22.8 Å². The van der Waals surface area contributed by atoms with Crippen LogP contribution in [0.4, 0.5) is 24.7 Å². The minimum absolute atomic E-state index is 0.135. The number of aromatic nitrogens is 3. The van der Waals surface area contributed by atoms with E-state index in [0.29, 0.717) is 5.69 Å². The van der Waals surface area contributed by atoms with Gasteiger partial charge in [0.15, 0.2) is 0 Å². The van der Waals surface area contributed by atoms with Crippen molar-refractivity contribution in [1.82, 2.24) is 19.9 Å². The highest BCUT2D eigenvalue weighted by Gasteiger charge is 2.32. The van der Waals surface area contributed by atoms with E-state index >= 15 is 0 Å². The molecule has 0 spiro atoms. The first-order chi connectivity index (χ1) is 16.1. The largest absolute Gasteiger partial charge is 0.416 e. The summed E-state index contributed by atoms with van der Waals surface area (Å²) in [5.74, 6) is -1.08. The number of aryl methyl sites for hydroxylation is 2. The second-order valence-electron chi connectivity index (χ2n) is 8.25. The standard InChI is InChI=1S/C23H23F3N6O2/c1-12-6-15(23(24,25)26)7-13(2)19(12)32-11-30-20(27)18(22(32)34)21(33)31-16-8-14(9-28-10-16)17-4-3-5-29-17/h6-11,17,29H,3-5,27H2,1-2H3,(H,31,33). The van der Waals surface area contributed by atoms with Gasteiger partial charge in [-0.05, 0) is 68.1 Å². The second-order valence-corrected chi connectivity index (χ2v) is 8.25. The van der Waals surface area contributed by atoms with Crippen molar-refractivity contribution in [3.8, 4) is 5.69 Å². The summed E-state index contributed by atoms with van der Waals surface area (Å²) in [5, 5.41) is 5.98. The molecule has 1 atom stereocenters. The number of rotatable bonds is 4. The van der Waals surface area contributed by atoms with E-state index in [1.807, 2.05) is 0 Å². The molecule has 11 heteroatoms. The van der Waals surface area contributed by atoms with E-state index in [-0.39, 0.29) is 28.7 Å². The third-order valence-electron chi connectivity index (χ3n) is 5.77. The number of alkyl halides is 3. The molecule has 0 aliphatic carbocycles. The highest BCUT2D eigenvalue weighted by Crippen LogP contribution is 2.33. The maximum Gasteiger partial charge on any atom is 0.416 e. The monoisotopic (exact) mass is 472 g/mol. The van der Waals surface area contributed by atoms with Crippen LogP contribution in [-0.4, -0.2) is 27.0 Å². The fraction of sp³-hybridized carbons (Fsp3) is 0.304. The van der Waals surface area contributed by atoms with E-state index in [1.165, 1.54) is 20.0 Å². The lowest BCUT2D eigenvalue weighted by atomic mass is 10.0. The second kappa shape index (κ2) is 8.90. The lowest BCUT2D eigenvalue weighted by molar-refractivity contribution is -0.137. The molecule has 1 aliphatic rings. The number of benzene rings is 1. The molecular weight excluding hydrogens is 449 g/mol. The van der Waals surface area contributed by atoms with Gasteiger partial charge in [0.25, 0.3) is 11.5 Å². The summed E-state index contributed by atoms with van der Waals surface area (Å²) in [6, 6.07) is 3.79. The van der Waals surface area contributed by atoms with Crippen LogP contribution in [0.15, 0.2) is 41.7 Å². The molecular formula is C23H23F3N6O2. The number of hydrogen-bond donors (Lipinski definition) is 3. The van der Waals surface area contributed by atoms with Crippen molar-refractivity contribution in [2.75, 3.05) is 17.6 Å². The number of anilines is 2. The number of hydrogen-bond acceptors (Lipinski definition) is 6. The van der Waals surface area contributed by atoms with Crippen molar-refractivity contribution >= 4 is 17.4 Å². The van der Waals surface area contributed by atoms with Gasteiger partial charge < -0.3 is 16.4 Å². The van der Waals surface area contributed by atoms with Crippen LogP contribution in [0.1, 0.15) is 51.5 Å². The lowest BCUT2D eigenvalue weighted by Gasteiger charge is -2.17. The number of carbonyl (C=O) groups is 1. The molecule has 0 bridgehead atoms. The summed E-state index contributed by atoms with van der Waals surface area (Å²) in [7, 11) is 0. The van der Waals surface area contributed by atoms with E-state index in [0.717, 1.165) is 48.0 Å². The number of carbonyl (C=O) groups excluding carboxylic acids is 1. The van der Waals surface area contributed by atoms with Crippen molar-refractivity contribution in [3.05, 3.63) is 75.1 Å². The van der Waals surface area contributed by atoms with Gasteiger partial charge in [0.2, 0.25) is 0 Å². The van der Waals surface area contributed by atoms with Gasteiger partial charge in [0, 0.05) is 12.2 Å². The maximum atomic E-state index is 13.2. The third-order valence-corrected chi connectivity index (χ3v) is 5.77. The molecule has 1 fully saturated rings. The van der Waals surface area contributed by atoms with Crippen molar-refractivity contribution in [1.29, 1.82) is 0 Å². The Kier molecular flexibility index (Phi) is 6.13. The molecule has 4 N–H and O–H groups in total. The van der Waals surface area contributed by atoms with E-state index < -0.39 is 28.8 Å². The number of nitrogens with one attached hydrogen (secondary N) is 2. The Morgan fingerprint density at radius 2 is 1.91 bits per heavy atom. The summed E-state index contributed by atoms with van der Waals surface area (Å²) in [6.45, 7) is 3.80. The molecule has 0 saturated carbocycles. The zero-order valence-electron chi connectivity index (χ0n) is 18.5. The fourth-order valence-corrected chi connectivity index (χ4v) is 4.22. The Balaban J connectivity index is 1.70. The molecule has 3 heterocycles. The zero-order chi connectivity index (χ0) is 24.6. The Morgan fingerprint density at radius 3 is 2.53 bits per heavy atom. The number of pyridine rings is 1. The summed E-state index contributed by atoms with van der Waals surface area (Å²) in [5.41, 5.74) is 5.71. The van der Waals surface area contributed by atoms with Crippen LogP contribution in [0.25, 0.3) is 5.69 Å². The van der Waals surface area contributed by atoms with Crippen LogP contribution in [0.2, 0.25) is 0 Å². The zero-order valence-corrected chi connectivity index (χ0v) is 18.5. The highest BCUT2D eigenvalue weighted by molar-refractivity contribution is 6.06. The van der Waals surface area contributed by atoms with Crippen LogP contribution in [-0.2, 0) is 6.18 Å². The minimum Gasteiger partial charge on any atom is -0.383 e. The Bertz CT molecular complexity index is 1290. The average molecular weight is 472 g/mol. The fourth-order valence-electron chi connectivity index (χ4n) is 4.22. The van der Waals surface area contributed by atoms with Gasteiger partial charge in [-0.15, -0.1) is 0 Å². The number of nitrogens with zero attached hydrogens (tertiary/aromatic N) is 3. The summed E-state index contributed by atoms with van der Waals surface area (Å²) >= 11 is 0. The van der Waals surface area contributed by atoms with Crippen molar-refractivity contribution in [2.24, 2.45) is 0 Å². The van der Waals surface area contributed by atoms with Gasteiger partial charge in [-0.3, -0.25) is 19.1 Å². The van der Waals surface area contributed by atoms with E-state index in [2.05, 4.69) is 20.6 Å². The molecule has 8 nitrogen and oxygen atoms in total. The van der Waals surface area contributed by atoms with Gasteiger partial charge >= 0.3 is 6.18 Å². The van der Waals surface area contributed by atoms with Gasteiger partial charge in [0.05, 0.1) is 23.1 Å². The molecule has 0 radical (unpaired) electrons. The van der Waals surface area contributed by atoms with Crippen LogP contribution in [0, 0.1) is 13.8 Å². The van der Waals surface area contributed by atoms with E-state index in [4.69, 9.17) is 5.73 Å². The molecule has 178 valence electrons. The molecule has 1 amide bonds. The number of amides is 1. The van der Waals surface area contributed by atoms with Gasteiger partial charge in [-0.1, -0.05) is 0 Å². The predicted molar refractivity (Wildman–Crippen MR) is 121 cm³/mol. The summed E-state index contributed by atoms with van der Waals surface area (Å²) in [4.78, 5) is 34.3. The topological polar surface area (TPSA) is 115 Å². The maximum absolute atomic E-state index is 13.2. The molecule has 34 heavy (non-hydrogen) atoms. The SMILES string of the molecule is Cc1cc(C(F)(F)F)cc(C)c1-n1cnc(N)c(C(=O)Nc2cncc(C3CCCN3)c2)c1=O. The first-order valence-corrected chi connectivity index (χ1v) is 10.6. The molecule has 1 unspecified atom stereocenters. The Morgan fingerprint density at radius 1 is 1.21 bits per heavy atom. The molecule has 1 aromatic carbocycles. The number of nitrogens with two attached hydrogens (primary N) is 1. The first-order valence-electron chi connectivity index (χ1n) is 10.6. The normalized spacial score (nSPS) is 16.0. The van der Waals surface area contributed by atoms with Gasteiger partial charge in [-0.2, -0.15) is 13.2 Å². The number of nitrogen functional groups attached to an aromatic ring is 1. The molecule has 4 rings (SSSR count). The van der Waals surface area contributed by atoms with Crippen molar-refractivity contribution in [3.63, 3.8) is 0 Å². The molecule has 3 aromatic rings. The Hall–Kier alpha value is -3.73. The van der Waals surface area contributed by atoms with Crippen molar-refractivity contribution < 1.29 is 18.0 Å². The third kappa shape index (κ3) is 4.51. The quantitative estimate of drug-likeness (QED) is 0.535. The first kappa shape index (κ1) is 23.4. The Labute approximate surface area is 193 Å². The highest BCUT2D eigenvalue weighted by atomic mass is 19.4. The summed E-state index contributed by atoms with van der Waals surface area (Å²) < 4.78 is 40.5. The lowest BCUT2D eigenvalue weighted by Crippen LogP contribution is -2.31. The predicted octanol–water partition coefficient (Wildman–Crippen LogP) is 3.52. The minimum atomic E-state index is -4.53. The summed E-state index contributed by atoms with van der Waals surface area (Å²) in [6.07, 6.45) is 1.72. The van der Waals surface area contributed by atoms with Crippen LogP contribution >= 0.6 is 0 Å². The van der Waals surface area contributed by atoms with E-state index in [1.54, 1.807) is 12.3 Å². The average Bonchev–Trinajstić information content (AvgIpc) is 3.29.